The number of fused-ring (bicyclic) bond motifs is 2. The molecular weight excluding hydrogens is 322 g/mol. The van der Waals surface area contributed by atoms with Crippen LogP contribution in [0, 0.1) is 6.92 Å². The largest absolute Gasteiger partial charge is 0.475 e. The van der Waals surface area contributed by atoms with Crippen LogP contribution in [0.5, 0.6) is 11.5 Å². The summed E-state index contributed by atoms with van der Waals surface area (Å²) in [5.74, 6) is 0.524. The van der Waals surface area contributed by atoms with Gasteiger partial charge in [0.2, 0.25) is 12.6 Å². The van der Waals surface area contributed by atoms with Crippen molar-refractivity contribution in [2.75, 3.05) is 12.1 Å². The van der Waals surface area contributed by atoms with E-state index in [1.54, 1.807) is 6.07 Å². The molecule has 3 aromatic rings. The first kappa shape index (κ1) is 15.2. The van der Waals surface area contributed by atoms with Crippen LogP contribution in [0.15, 0.2) is 36.4 Å². The number of ether oxygens (including phenoxy) is 2. The van der Waals surface area contributed by atoms with E-state index in [9.17, 15) is 9.90 Å². The minimum absolute atomic E-state index is 0.226. The first-order valence-electron chi connectivity index (χ1n) is 7.74. The minimum atomic E-state index is -1.16. The second-order valence-corrected chi connectivity index (χ2v) is 5.76. The fraction of sp³-hybridized carbons (Fsp3) is 0.167. The molecule has 0 spiro atoms. The van der Waals surface area contributed by atoms with Crippen LogP contribution < -0.4 is 14.8 Å². The number of aromatic nitrogens is 2. The second-order valence-electron chi connectivity index (χ2n) is 5.76. The Bertz CT molecular complexity index is 987. The van der Waals surface area contributed by atoms with E-state index < -0.39 is 5.97 Å². The van der Waals surface area contributed by atoms with Crippen LogP contribution in [-0.4, -0.2) is 27.8 Å². The monoisotopic (exact) mass is 337 g/mol. The van der Waals surface area contributed by atoms with Gasteiger partial charge in [-0.3, -0.25) is 0 Å². The van der Waals surface area contributed by atoms with Crippen molar-refractivity contribution >= 4 is 22.7 Å². The highest BCUT2D eigenvalue weighted by Gasteiger charge is 2.15. The zero-order valence-corrected chi connectivity index (χ0v) is 13.4. The number of aryl methyl sites for hydroxylation is 1. The van der Waals surface area contributed by atoms with E-state index in [-0.39, 0.29) is 12.6 Å². The normalized spacial score (nSPS) is 12.4. The summed E-state index contributed by atoms with van der Waals surface area (Å²) in [5, 5.41) is 13.2. The fourth-order valence-electron chi connectivity index (χ4n) is 2.71. The molecule has 2 N–H and O–H groups in total. The minimum Gasteiger partial charge on any atom is -0.475 e. The zero-order chi connectivity index (χ0) is 17.4. The number of nitrogens with one attached hydrogen (secondary N) is 1. The molecule has 0 saturated heterocycles. The number of aromatic carboxylic acids is 1. The molecule has 0 aliphatic carbocycles. The fourth-order valence-corrected chi connectivity index (χ4v) is 2.71. The molecule has 2 heterocycles. The number of nitrogens with zero attached hydrogens (tertiary/aromatic N) is 2. The van der Waals surface area contributed by atoms with Gasteiger partial charge in [-0.2, -0.15) is 0 Å². The van der Waals surface area contributed by atoms with Gasteiger partial charge in [0.1, 0.15) is 5.82 Å². The van der Waals surface area contributed by atoms with Crippen LogP contribution in [0.3, 0.4) is 0 Å². The number of hydrogen-bond donors (Lipinski definition) is 2. The number of carboxylic acid groups (broad SMARTS) is 1. The molecule has 1 aliphatic rings. The molecule has 0 bridgehead atoms. The maximum atomic E-state index is 11.3. The molecule has 0 amide bonds. The van der Waals surface area contributed by atoms with E-state index in [1.807, 2.05) is 37.3 Å². The van der Waals surface area contributed by atoms with Crippen LogP contribution >= 0.6 is 0 Å². The van der Waals surface area contributed by atoms with E-state index >= 15 is 0 Å². The van der Waals surface area contributed by atoms with Gasteiger partial charge in [0.05, 0.1) is 5.52 Å². The lowest BCUT2D eigenvalue weighted by Crippen LogP contribution is -2.09. The third kappa shape index (κ3) is 2.91. The predicted octanol–water partition coefficient (Wildman–Crippen LogP) is 2.98. The van der Waals surface area contributed by atoms with E-state index in [2.05, 4.69) is 15.3 Å². The van der Waals surface area contributed by atoms with Gasteiger partial charge in [0, 0.05) is 11.9 Å². The smallest absolute Gasteiger partial charge is 0.374 e. The van der Waals surface area contributed by atoms with Crippen molar-refractivity contribution in [2.45, 2.75) is 13.5 Å². The molecule has 0 unspecified atom stereocenters. The lowest BCUT2D eigenvalue weighted by molar-refractivity contribution is 0.0684. The molecule has 25 heavy (non-hydrogen) atoms. The van der Waals surface area contributed by atoms with E-state index in [4.69, 9.17) is 9.47 Å². The van der Waals surface area contributed by atoms with E-state index in [0.29, 0.717) is 23.6 Å². The van der Waals surface area contributed by atoms with Gasteiger partial charge in [-0.1, -0.05) is 17.7 Å². The quantitative estimate of drug-likeness (QED) is 0.756. The molecule has 1 aliphatic heterocycles. The van der Waals surface area contributed by atoms with Gasteiger partial charge < -0.3 is 19.9 Å². The van der Waals surface area contributed by atoms with E-state index in [0.717, 1.165) is 22.3 Å². The Morgan fingerprint density at radius 3 is 2.84 bits per heavy atom. The molecule has 0 radical (unpaired) electrons. The average Bonchev–Trinajstić information content (AvgIpc) is 3.07. The third-order valence-corrected chi connectivity index (χ3v) is 3.94. The molecule has 126 valence electrons. The van der Waals surface area contributed by atoms with Gasteiger partial charge in [-0.15, -0.1) is 0 Å². The van der Waals surface area contributed by atoms with Crippen molar-refractivity contribution in [3.05, 3.63) is 53.3 Å². The highest BCUT2D eigenvalue weighted by atomic mass is 16.7. The van der Waals surface area contributed by atoms with Crippen molar-refractivity contribution in [1.29, 1.82) is 0 Å². The number of rotatable bonds is 4. The van der Waals surface area contributed by atoms with Crippen LogP contribution in [-0.2, 0) is 6.54 Å². The number of carboxylic acids is 1. The second kappa shape index (κ2) is 5.94. The summed E-state index contributed by atoms with van der Waals surface area (Å²) in [6.07, 6.45) is 0. The zero-order valence-electron chi connectivity index (χ0n) is 13.4. The Morgan fingerprint density at radius 1 is 1.16 bits per heavy atom. The van der Waals surface area contributed by atoms with E-state index in [1.165, 1.54) is 0 Å². The van der Waals surface area contributed by atoms with Crippen molar-refractivity contribution in [3.8, 4) is 11.5 Å². The molecule has 0 fully saturated rings. The average molecular weight is 337 g/mol. The Hall–Kier alpha value is -3.35. The highest BCUT2D eigenvalue weighted by molar-refractivity contribution is 5.93. The Labute approximate surface area is 143 Å². The maximum absolute atomic E-state index is 11.3. The van der Waals surface area contributed by atoms with Gasteiger partial charge in [-0.05, 0) is 36.8 Å². The Kier molecular flexibility index (Phi) is 3.61. The van der Waals surface area contributed by atoms with Crippen LogP contribution in [0.1, 0.15) is 21.7 Å². The molecule has 7 nitrogen and oxygen atoms in total. The summed E-state index contributed by atoms with van der Waals surface area (Å²) in [7, 11) is 0. The number of carbonyl (C=O) groups is 1. The topological polar surface area (TPSA) is 93.6 Å². The predicted molar refractivity (Wildman–Crippen MR) is 91.1 cm³/mol. The number of benzene rings is 2. The Morgan fingerprint density at radius 2 is 2.00 bits per heavy atom. The van der Waals surface area contributed by atoms with Gasteiger partial charge in [0.25, 0.3) is 0 Å². The third-order valence-electron chi connectivity index (χ3n) is 3.94. The summed E-state index contributed by atoms with van der Waals surface area (Å²) in [4.78, 5) is 19.5. The van der Waals surface area contributed by atoms with Gasteiger partial charge >= 0.3 is 5.97 Å². The molecule has 4 rings (SSSR count). The highest BCUT2D eigenvalue weighted by Crippen LogP contribution is 2.32. The van der Waals surface area contributed by atoms with Crippen molar-refractivity contribution < 1.29 is 19.4 Å². The Balaban J connectivity index is 1.68. The summed E-state index contributed by atoms with van der Waals surface area (Å²) in [6.45, 7) is 2.66. The van der Waals surface area contributed by atoms with Crippen LogP contribution in [0.25, 0.3) is 10.9 Å². The summed E-state index contributed by atoms with van der Waals surface area (Å²) in [6, 6.07) is 11.3. The van der Waals surface area contributed by atoms with Crippen molar-refractivity contribution in [3.63, 3.8) is 0 Å². The summed E-state index contributed by atoms with van der Waals surface area (Å²) < 4.78 is 10.7. The first-order valence-corrected chi connectivity index (χ1v) is 7.74. The van der Waals surface area contributed by atoms with Gasteiger partial charge in [-0.25, -0.2) is 14.8 Å². The molecular formula is C18H15N3O4. The van der Waals surface area contributed by atoms with Crippen molar-refractivity contribution in [2.24, 2.45) is 0 Å². The number of anilines is 1. The standard InChI is InChI=1S/C18H15N3O4/c1-10-2-4-13-12(6-10)16(21-17(20-13)18(22)23)19-8-11-3-5-14-15(7-11)25-9-24-14/h2-7H,8-9H2,1H3,(H,22,23)(H,19,20,21). The van der Waals surface area contributed by atoms with Gasteiger partial charge in [0.15, 0.2) is 11.5 Å². The summed E-state index contributed by atoms with van der Waals surface area (Å²) >= 11 is 0. The van der Waals surface area contributed by atoms with Crippen LogP contribution in [0.2, 0.25) is 0 Å². The van der Waals surface area contributed by atoms with Crippen molar-refractivity contribution in [1.82, 2.24) is 9.97 Å². The van der Waals surface area contributed by atoms with Crippen LogP contribution in [0.4, 0.5) is 5.82 Å². The first-order chi connectivity index (χ1) is 12.1. The molecule has 0 atom stereocenters. The SMILES string of the molecule is Cc1ccc2nc(C(=O)O)nc(NCc3ccc4c(c3)OCO4)c2c1. The summed E-state index contributed by atoms with van der Waals surface area (Å²) in [5.41, 5.74) is 2.61. The molecule has 2 aromatic carbocycles. The molecule has 1 aromatic heterocycles. The molecule has 7 heteroatoms. The lowest BCUT2D eigenvalue weighted by Gasteiger charge is -2.11. The lowest BCUT2D eigenvalue weighted by atomic mass is 10.1. The number of hydrogen-bond acceptors (Lipinski definition) is 6. The maximum Gasteiger partial charge on any atom is 0.374 e. The molecule has 0 saturated carbocycles.